The average Bonchev–Trinajstić information content (AvgIpc) is 2.48. The Hall–Kier alpha value is -1.35. The molecule has 0 aliphatic carbocycles. The molecule has 3 atom stereocenters. The van der Waals surface area contributed by atoms with E-state index in [1.54, 1.807) is 0 Å². The summed E-state index contributed by atoms with van der Waals surface area (Å²) in [6.07, 6.45) is 3.81. The van der Waals surface area contributed by atoms with E-state index in [1.165, 1.54) is 11.1 Å². The van der Waals surface area contributed by atoms with Crippen molar-refractivity contribution in [3.8, 4) is 0 Å². The molecule has 1 aliphatic rings. The maximum Gasteiger partial charge on any atom is 0.220 e. The van der Waals surface area contributed by atoms with Gasteiger partial charge in [-0.15, -0.1) is 0 Å². The second-order valence-corrected chi connectivity index (χ2v) is 6.28. The highest BCUT2D eigenvalue weighted by Crippen LogP contribution is 2.23. The van der Waals surface area contributed by atoms with Crippen LogP contribution < -0.4 is 10.6 Å². The van der Waals surface area contributed by atoms with Gasteiger partial charge in [0.25, 0.3) is 0 Å². The summed E-state index contributed by atoms with van der Waals surface area (Å²) < 4.78 is 0. The van der Waals surface area contributed by atoms with Crippen molar-refractivity contribution in [2.24, 2.45) is 0 Å². The van der Waals surface area contributed by atoms with E-state index in [0.29, 0.717) is 18.4 Å². The summed E-state index contributed by atoms with van der Waals surface area (Å²) in [5, 5.41) is 6.64. The highest BCUT2D eigenvalue weighted by Gasteiger charge is 2.23. The molecule has 21 heavy (non-hydrogen) atoms. The number of nitrogens with one attached hydrogen (secondary N) is 2. The van der Waals surface area contributed by atoms with Gasteiger partial charge < -0.3 is 10.6 Å². The Balaban J connectivity index is 1.91. The number of carbonyl (C=O) groups excluding carboxylic acids is 1. The quantitative estimate of drug-likeness (QED) is 0.874. The Bertz CT molecular complexity index is 455. The first-order chi connectivity index (χ1) is 10.1. The minimum absolute atomic E-state index is 0.183. The van der Waals surface area contributed by atoms with Gasteiger partial charge in [-0.05, 0) is 51.1 Å². The zero-order chi connectivity index (χ0) is 15.2. The van der Waals surface area contributed by atoms with E-state index in [1.807, 2.05) is 0 Å². The standard InChI is InChI=1S/C18H28N2O/c1-4-15(16-9-7-13(2)8-10-16)12-18(21)20-17-6-5-11-19-14(17)3/h7-10,14-15,17,19H,4-6,11-12H2,1-3H3,(H,20,21). The summed E-state index contributed by atoms with van der Waals surface area (Å²) in [5.41, 5.74) is 2.54. The molecule has 1 amide bonds. The van der Waals surface area contributed by atoms with Gasteiger partial charge in [-0.1, -0.05) is 36.8 Å². The fourth-order valence-corrected chi connectivity index (χ4v) is 3.07. The van der Waals surface area contributed by atoms with Gasteiger partial charge in [-0.2, -0.15) is 0 Å². The lowest BCUT2D eigenvalue weighted by Crippen LogP contribution is -2.52. The highest BCUT2D eigenvalue weighted by molar-refractivity contribution is 5.77. The molecule has 2 N–H and O–H groups in total. The van der Waals surface area contributed by atoms with Crippen LogP contribution in [0.2, 0.25) is 0 Å². The van der Waals surface area contributed by atoms with Crippen molar-refractivity contribution in [2.45, 2.75) is 64.5 Å². The first kappa shape index (κ1) is 16.0. The van der Waals surface area contributed by atoms with E-state index in [9.17, 15) is 4.79 Å². The van der Waals surface area contributed by atoms with Crippen LogP contribution in [0, 0.1) is 6.92 Å². The van der Waals surface area contributed by atoms with Gasteiger partial charge in [0.2, 0.25) is 5.91 Å². The second-order valence-electron chi connectivity index (χ2n) is 6.28. The van der Waals surface area contributed by atoms with Crippen molar-refractivity contribution in [1.29, 1.82) is 0 Å². The van der Waals surface area contributed by atoms with E-state index in [4.69, 9.17) is 0 Å². The van der Waals surface area contributed by atoms with Gasteiger partial charge in [-0.25, -0.2) is 0 Å². The number of rotatable bonds is 5. The molecular formula is C18H28N2O. The molecule has 0 spiro atoms. The molecule has 0 aromatic heterocycles. The highest BCUT2D eigenvalue weighted by atomic mass is 16.1. The van der Waals surface area contributed by atoms with E-state index >= 15 is 0 Å². The number of benzene rings is 1. The Morgan fingerprint density at radius 1 is 1.38 bits per heavy atom. The lowest BCUT2D eigenvalue weighted by molar-refractivity contribution is -0.122. The molecule has 1 aromatic carbocycles. The largest absolute Gasteiger partial charge is 0.352 e. The van der Waals surface area contributed by atoms with E-state index in [2.05, 4.69) is 55.7 Å². The van der Waals surface area contributed by atoms with E-state index < -0.39 is 0 Å². The monoisotopic (exact) mass is 288 g/mol. The van der Waals surface area contributed by atoms with Crippen LogP contribution in [0.15, 0.2) is 24.3 Å². The molecule has 3 heteroatoms. The van der Waals surface area contributed by atoms with E-state index in [-0.39, 0.29) is 11.9 Å². The topological polar surface area (TPSA) is 41.1 Å². The Labute approximate surface area is 128 Å². The van der Waals surface area contributed by atoms with Crippen molar-refractivity contribution >= 4 is 5.91 Å². The van der Waals surface area contributed by atoms with Crippen LogP contribution in [0.25, 0.3) is 0 Å². The lowest BCUT2D eigenvalue weighted by atomic mass is 9.91. The molecule has 1 saturated heterocycles. The van der Waals surface area contributed by atoms with Crippen molar-refractivity contribution in [3.63, 3.8) is 0 Å². The van der Waals surface area contributed by atoms with Crippen LogP contribution in [-0.4, -0.2) is 24.5 Å². The molecule has 3 unspecified atom stereocenters. The van der Waals surface area contributed by atoms with Gasteiger partial charge >= 0.3 is 0 Å². The number of hydrogen-bond acceptors (Lipinski definition) is 2. The molecule has 1 heterocycles. The average molecular weight is 288 g/mol. The Morgan fingerprint density at radius 2 is 2.10 bits per heavy atom. The molecular weight excluding hydrogens is 260 g/mol. The molecule has 116 valence electrons. The normalized spacial score (nSPS) is 23.6. The van der Waals surface area contributed by atoms with Gasteiger partial charge in [0.15, 0.2) is 0 Å². The number of piperidine rings is 1. The van der Waals surface area contributed by atoms with Gasteiger partial charge in [0.05, 0.1) is 0 Å². The summed E-state index contributed by atoms with van der Waals surface area (Å²) in [5.74, 6) is 0.500. The molecule has 0 bridgehead atoms. The third kappa shape index (κ3) is 4.57. The second kappa shape index (κ2) is 7.60. The third-order valence-electron chi connectivity index (χ3n) is 4.58. The van der Waals surface area contributed by atoms with Crippen LogP contribution in [0.5, 0.6) is 0 Å². The first-order valence-corrected chi connectivity index (χ1v) is 8.19. The minimum atomic E-state index is 0.183. The summed E-state index contributed by atoms with van der Waals surface area (Å²) in [6, 6.07) is 9.22. The Kier molecular flexibility index (Phi) is 5.80. The van der Waals surface area contributed by atoms with Gasteiger partial charge in [-0.3, -0.25) is 4.79 Å². The molecule has 1 fully saturated rings. The fraction of sp³-hybridized carbons (Fsp3) is 0.611. The summed E-state index contributed by atoms with van der Waals surface area (Å²) >= 11 is 0. The molecule has 1 aliphatic heterocycles. The number of amides is 1. The maximum absolute atomic E-state index is 12.3. The zero-order valence-electron chi connectivity index (χ0n) is 13.5. The molecule has 0 saturated carbocycles. The maximum atomic E-state index is 12.3. The van der Waals surface area contributed by atoms with Crippen molar-refractivity contribution in [3.05, 3.63) is 35.4 Å². The van der Waals surface area contributed by atoms with Crippen LogP contribution >= 0.6 is 0 Å². The van der Waals surface area contributed by atoms with Crippen molar-refractivity contribution in [1.82, 2.24) is 10.6 Å². The molecule has 2 rings (SSSR count). The predicted octanol–water partition coefficient (Wildman–Crippen LogP) is 3.14. The fourth-order valence-electron chi connectivity index (χ4n) is 3.07. The smallest absolute Gasteiger partial charge is 0.220 e. The number of hydrogen-bond donors (Lipinski definition) is 2. The van der Waals surface area contributed by atoms with Crippen molar-refractivity contribution < 1.29 is 4.79 Å². The Morgan fingerprint density at radius 3 is 2.71 bits per heavy atom. The molecule has 0 radical (unpaired) electrons. The summed E-state index contributed by atoms with van der Waals surface area (Å²) in [6.45, 7) is 7.47. The van der Waals surface area contributed by atoms with Crippen molar-refractivity contribution in [2.75, 3.05) is 6.54 Å². The van der Waals surface area contributed by atoms with Gasteiger partial charge in [0, 0.05) is 18.5 Å². The first-order valence-electron chi connectivity index (χ1n) is 8.19. The minimum Gasteiger partial charge on any atom is -0.352 e. The SMILES string of the molecule is CCC(CC(=O)NC1CCCNC1C)c1ccc(C)cc1. The predicted molar refractivity (Wildman–Crippen MR) is 87.5 cm³/mol. The summed E-state index contributed by atoms with van der Waals surface area (Å²) in [7, 11) is 0. The van der Waals surface area contributed by atoms with Crippen LogP contribution in [0.4, 0.5) is 0 Å². The van der Waals surface area contributed by atoms with Gasteiger partial charge in [0.1, 0.15) is 0 Å². The lowest BCUT2D eigenvalue weighted by Gasteiger charge is -2.31. The summed E-state index contributed by atoms with van der Waals surface area (Å²) in [4.78, 5) is 12.3. The zero-order valence-corrected chi connectivity index (χ0v) is 13.5. The van der Waals surface area contributed by atoms with Crippen LogP contribution in [0.1, 0.15) is 56.6 Å². The molecule has 1 aromatic rings. The van der Waals surface area contributed by atoms with Crippen LogP contribution in [-0.2, 0) is 4.79 Å². The van der Waals surface area contributed by atoms with Crippen LogP contribution in [0.3, 0.4) is 0 Å². The third-order valence-corrected chi connectivity index (χ3v) is 4.58. The molecule has 3 nitrogen and oxygen atoms in total. The number of carbonyl (C=O) groups is 1. The number of aryl methyl sites for hydroxylation is 1. The van der Waals surface area contributed by atoms with E-state index in [0.717, 1.165) is 25.8 Å².